The maximum absolute atomic E-state index is 14.1. The van der Waals surface area contributed by atoms with Gasteiger partial charge in [-0.05, 0) is 40.9 Å². The highest BCUT2D eigenvalue weighted by molar-refractivity contribution is 9.10. The summed E-state index contributed by atoms with van der Waals surface area (Å²) in [5.74, 6) is -0.403. The molecule has 1 N–H and O–H groups in total. The van der Waals surface area contributed by atoms with E-state index in [0.717, 1.165) is 19.5 Å². The average molecular weight is 361 g/mol. The van der Waals surface area contributed by atoms with Crippen LogP contribution in [0.15, 0.2) is 16.6 Å². The van der Waals surface area contributed by atoms with Crippen LogP contribution < -0.4 is 5.32 Å². The van der Waals surface area contributed by atoms with Gasteiger partial charge in [-0.25, -0.2) is 8.78 Å². The standard InChI is InChI=1S/C16H23BrF2N2/c1-4-10(2)15-9-21(11(3)7-20-15)8-12-14(18)6-5-13(17)16(12)19/h5-6,10-11,15,20H,4,7-9H2,1-3H3. The molecule has 0 saturated carbocycles. The number of rotatable bonds is 4. The summed E-state index contributed by atoms with van der Waals surface area (Å²) >= 11 is 3.13. The molecule has 1 saturated heterocycles. The Hall–Kier alpha value is -0.520. The van der Waals surface area contributed by atoms with Gasteiger partial charge in [0.15, 0.2) is 0 Å². The van der Waals surface area contributed by atoms with Crippen molar-refractivity contribution >= 4 is 15.9 Å². The van der Waals surface area contributed by atoms with Crippen LogP contribution in [0, 0.1) is 17.6 Å². The lowest BCUT2D eigenvalue weighted by Gasteiger charge is -2.41. The summed E-state index contributed by atoms with van der Waals surface area (Å²) in [6, 6.07) is 3.38. The molecule has 5 heteroatoms. The molecule has 1 heterocycles. The quantitative estimate of drug-likeness (QED) is 0.818. The van der Waals surface area contributed by atoms with Crippen LogP contribution >= 0.6 is 15.9 Å². The van der Waals surface area contributed by atoms with E-state index in [1.165, 1.54) is 12.1 Å². The van der Waals surface area contributed by atoms with Crippen LogP contribution in [0.2, 0.25) is 0 Å². The number of halogens is 3. The second-order valence-corrected chi connectivity index (χ2v) is 6.85. The van der Waals surface area contributed by atoms with E-state index in [4.69, 9.17) is 0 Å². The first-order chi connectivity index (χ1) is 9.93. The van der Waals surface area contributed by atoms with Gasteiger partial charge in [0.2, 0.25) is 0 Å². The van der Waals surface area contributed by atoms with Gasteiger partial charge in [0, 0.05) is 37.3 Å². The zero-order chi connectivity index (χ0) is 15.6. The van der Waals surface area contributed by atoms with Crippen molar-refractivity contribution in [1.82, 2.24) is 10.2 Å². The van der Waals surface area contributed by atoms with Crippen LogP contribution in [-0.4, -0.2) is 30.1 Å². The molecule has 0 aromatic heterocycles. The summed E-state index contributed by atoms with van der Waals surface area (Å²) in [4.78, 5) is 2.17. The molecule has 0 aliphatic carbocycles. The van der Waals surface area contributed by atoms with Crippen molar-refractivity contribution in [2.45, 2.75) is 45.8 Å². The van der Waals surface area contributed by atoms with Crippen LogP contribution in [-0.2, 0) is 6.54 Å². The highest BCUT2D eigenvalue weighted by Crippen LogP contribution is 2.25. The second kappa shape index (κ2) is 7.16. The molecular formula is C16H23BrF2N2. The van der Waals surface area contributed by atoms with E-state index in [1.807, 2.05) is 0 Å². The first-order valence-electron chi connectivity index (χ1n) is 7.53. The van der Waals surface area contributed by atoms with Gasteiger partial charge in [0.25, 0.3) is 0 Å². The highest BCUT2D eigenvalue weighted by Gasteiger charge is 2.29. The van der Waals surface area contributed by atoms with Crippen LogP contribution in [0.5, 0.6) is 0 Å². The molecule has 1 fully saturated rings. The fourth-order valence-electron chi connectivity index (χ4n) is 2.75. The van der Waals surface area contributed by atoms with E-state index in [-0.39, 0.29) is 11.6 Å². The Morgan fingerprint density at radius 1 is 1.43 bits per heavy atom. The zero-order valence-electron chi connectivity index (χ0n) is 12.8. The van der Waals surface area contributed by atoms with Gasteiger partial charge in [0.1, 0.15) is 11.6 Å². The molecule has 0 amide bonds. The van der Waals surface area contributed by atoms with Gasteiger partial charge in [-0.1, -0.05) is 20.3 Å². The molecule has 0 bridgehead atoms. The molecule has 1 aromatic rings. The minimum Gasteiger partial charge on any atom is -0.311 e. The molecule has 2 rings (SSSR count). The van der Waals surface area contributed by atoms with Gasteiger partial charge < -0.3 is 5.32 Å². The predicted octanol–water partition coefficient (Wildman–Crippen LogP) is 3.94. The molecule has 3 unspecified atom stereocenters. The molecule has 1 aromatic carbocycles. The molecule has 118 valence electrons. The Balaban J connectivity index is 2.16. The summed E-state index contributed by atoms with van der Waals surface area (Å²) in [5, 5.41) is 3.54. The highest BCUT2D eigenvalue weighted by atomic mass is 79.9. The number of nitrogens with one attached hydrogen (secondary N) is 1. The fraction of sp³-hybridized carbons (Fsp3) is 0.625. The number of hydrogen-bond donors (Lipinski definition) is 1. The van der Waals surface area contributed by atoms with Gasteiger partial charge in [-0.3, -0.25) is 4.90 Å². The fourth-order valence-corrected chi connectivity index (χ4v) is 3.12. The van der Waals surface area contributed by atoms with E-state index >= 15 is 0 Å². The lowest BCUT2D eigenvalue weighted by Crippen LogP contribution is -2.57. The van der Waals surface area contributed by atoms with Crippen LogP contribution in [0.4, 0.5) is 8.78 Å². The Labute approximate surface area is 134 Å². The SMILES string of the molecule is CCC(C)C1CN(Cc2c(F)ccc(Br)c2F)C(C)CN1. The van der Waals surface area contributed by atoms with Crippen molar-refractivity contribution in [2.24, 2.45) is 5.92 Å². The largest absolute Gasteiger partial charge is 0.311 e. The maximum atomic E-state index is 14.1. The molecule has 3 atom stereocenters. The van der Waals surface area contributed by atoms with E-state index in [9.17, 15) is 8.78 Å². The number of hydrogen-bond acceptors (Lipinski definition) is 2. The monoisotopic (exact) mass is 360 g/mol. The summed E-state index contributed by atoms with van der Waals surface area (Å²) < 4.78 is 28.4. The lowest BCUT2D eigenvalue weighted by molar-refractivity contribution is 0.109. The molecule has 21 heavy (non-hydrogen) atoms. The third kappa shape index (κ3) is 3.82. The third-order valence-electron chi connectivity index (χ3n) is 4.56. The van der Waals surface area contributed by atoms with Crippen molar-refractivity contribution in [1.29, 1.82) is 0 Å². The smallest absolute Gasteiger partial charge is 0.144 e. The van der Waals surface area contributed by atoms with Crippen molar-refractivity contribution in [2.75, 3.05) is 13.1 Å². The van der Waals surface area contributed by atoms with E-state index < -0.39 is 11.6 Å². The first-order valence-corrected chi connectivity index (χ1v) is 8.33. The Bertz CT molecular complexity index is 495. The van der Waals surface area contributed by atoms with E-state index in [1.54, 1.807) is 0 Å². The second-order valence-electron chi connectivity index (χ2n) is 6.00. The Morgan fingerprint density at radius 3 is 2.81 bits per heavy atom. The van der Waals surface area contributed by atoms with Gasteiger partial charge in [-0.15, -0.1) is 0 Å². The number of benzene rings is 1. The van der Waals surface area contributed by atoms with Gasteiger partial charge in [0.05, 0.1) is 4.47 Å². The summed E-state index contributed by atoms with van der Waals surface area (Å²) in [6.07, 6.45) is 1.10. The number of piperazine rings is 1. The van der Waals surface area contributed by atoms with Crippen molar-refractivity contribution in [3.8, 4) is 0 Å². The summed E-state index contributed by atoms with van der Waals surface area (Å²) in [6.45, 7) is 8.46. The topological polar surface area (TPSA) is 15.3 Å². The molecule has 2 nitrogen and oxygen atoms in total. The van der Waals surface area contributed by atoms with Crippen molar-refractivity contribution < 1.29 is 8.78 Å². The van der Waals surface area contributed by atoms with Crippen LogP contribution in [0.3, 0.4) is 0 Å². The maximum Gasteiger partial charge on any atom is 0.144 e. The minimum absolute atomic E-state index is 0.154. The first kappa shape index (κ1) is 16.8. The molecule has 0 spiro atoms. The molecule has 1 aliphatic rings. The van der Waals surface area contributed by atoms with Gasteiger partial charge in [-0.2, -0.15) is 0 Å². The van der Waals surface area contributed by atoms with Gasteiger partial charge >= 0.3 is 0 Å². The normalized spacial score (nSPS) is 25.0. The third-order valence-corrected chi connectivity index (χ3v) is 5.17. The lowest BCUT2D eigenvalue weighted by atomic mass is 9.95. The molecule has 0 radical (unpaired) electrons. The molecular weight excluding hydrogens is 338 g/mol. The predicted molar refractivity (Wildman–Crippen MR) is 85.2 cm³/mol. The van der Waals surface area contributed by atoms with Crippen molar-refractivity contribution in [3.05, 3.63) is 33.8 Å². The number of nitrogens with zero attached hydrogens (tertiary/aromatic N) is 1. The van der Waals surface area contributed by atoms with E-state index in [2.05, 4.69) is 46.9 Å². The zero-order valence-corrected chi connectivity index (χ0v) is 14.4. The minimum atomic E-state index is -0.485. The summed E-state index contributed by atoms with van der Waals surface area (Å²) in [7, 11) is 0. The summed E-state index contributed by atoms with van der Waals surface area (Å²) in [5.41, 5.74) is 0.154. The molecule has 1 aliphatic heterocycles. The Kier molecular flexibility index (Phi) is 5.74. The Morgan fingerprint density at radius 2 is 2.14 bits per heavy atom. The van der Waals surface area contributed by atoms with Crippen LogP contribution in [0.25, 0.3) is 0 Å². The van der Waals surface area contributed by atoms with Crippen molar-refractivity contribution in [3.63, 3.8) is 0 Å². The average Bonchev–Trinajstić information content (AvgIpc) is 2.48. The van der Waals surface area contributed by atoms with Crippen LogP contribution in [0.1, 0.15) is 32.8 Å². The van der Waals surface area contributed by atoms with E-state index in [0.29, 0.717) is 23.0 Å².